The lowest BCUT2D eigenvalue weighted by atomic mass is 9.99. The number of ether oxygens (including phenoxy) is 1. The fraction of sp³-hybridized carbons (Fsp3) is 0.464. The zero-order valence-electron chi connectivity index (χ0n) is 20.9. The van der Waals surface area contributed by atoms with Gasteiger partial charge in [0.15, 0.2) is 0 Å². The van der Waals surface area contributed by atoms with Crippen molar-refractivity contribution in [3.8, 4) is 17.0 Å². The number of rotatable bonds is 2. The Morgan fingerprint density at radius 1 is 1.11 bits per heavy atom. The Hall–Kier alpha value is -2.97. The summed E-state index contributed by atoms with van der Waals surface area (Å²) in [7, 11) is 0. The first kappa shape index (κ1) is 23.4. The third-order valence-electron chi connectivity index (χ3n) is 7.67. The average Bonchev–Trinajstić information content (AvgIpc) is 3.21. The van der Waals surface area contributed by atoms with Gasteiger partial charge in [-0.1, -0.05) is 30.6 Å². The van der Waals surface area contributed by atoms with E-state index in [9.17, 15) is 9.59 Å². The lowest BCUT2D eigenvalue weighted by molar-refractivity contribution is 0.185. The smallest absolute Gasteiger partial charge is 0.275 e. The van der Waals surface area contributed by atoms with Crippen molar-refractivity contribution in [3.05, 3.63) is 56.6 Å². The molecule has 1 atom stereocenters. The van der Waals surface area contributed by atoms with Gasteiger partial charge in [-0.3, -0.25) is 18.4 Å². The normalized spacial score (nSPS) is 19.7. The van der Waals surface area contributed by atoms with E-state index >= 15 is 0 Å². The Labute approximate surface area is 213 Å². The fourth-order valence-corrected chi connectivity index (χ4v) is 6.64. The molecule has 2 aliphatic heterocycles. The highest BCUT2D eigenvalue weighted by atomic mass is 32.1. The third kappa shape index (κ3) is 4.26. The summed E-state index contributed by atoms with van der Waals surface area (Å²) in [4.78, 5) is 36.9. The van der Waals surface area contributed by atoms with Crippen LogP contribution >= 0.6 is 11.5 Å². The molecule has 2 aromatic heterocycles. The lowest BCUT2D eigenvalue weighted by Gasteiger charge is -2.30. The topological polar surface area (TPSA) is 80.2 Å². The van der Waals surface area contributed by atoms with Crippen LogP contribution in [0.3, 0.4) is 0 Å². The van der Waals surface area contributed by atoms with E-state index in [4.69, 9.17) is 9.72 Å². The summed E-state index contributed by atoms with van der Waals surface area (Å²) in [5.74, 6) is 1.50. The molecule has 4 heterocycles. The Morgan fingerprint density at radius 3 is 2.78 bits per heavy atom. The zero-order chi connectivity index (χ0) is 24.8. The van der Waals surface area contributed by atoms with Crippen LogP contribution in [0.15, 0.2) is 39.9 Å². The molecule has 188 valence electrons. The van der Waals surface area contributed by atoms with Gasteiger partial charge in [0.1, 0.15) is 17.0 Å². The number of likely N-dealkylation sites (tertiary alicyclic amines) is 1. The van der Waals surface area contributed by atoms with Gasteiger partial charge in [-0.05, 0) is 81.8 Å². The van der Waals surface area contributed by atoms with Gasteiger partial charge in [-0.25, -0.2) is 4.98 Å². The number of H-pyrrole nitrogens is 1. The summed E-state index contributed by atoms with van der Waals surface area (Å²) in [5.41, 5.74) is 3.26. The lowest BCUT2D eigenvalue weighted by Crippen LogP contribution is -2.32. The van der Waals surface area contributed by atoms with E-state index < -0.39 is 0 Å². The van der Waals surface area contributed by atoms with Crippen molar-refractivity contribution >= 4 is 32.7 Å². The van der Waals surface area contributed by atoms with Gasteiger partial charge in [0, 0.05) is 18.2 Å². The van der Waals surface area contributed by atoms with Crippen molar-refractivity contribution in [2.75, 3.05) is 19.7 Å². The maximum absolute atomic E-state index is 13.3. The van der Waals surface area contributed by atoms with Gasteiger partial charge >= 0.3 is 0 Å². The van der Waals surface area contributed by atoms with E-state index in [1.165, 1.54) is 24.4 Å². The van der Waals surface area contributed by atoms with E-state index in [0.29, 0.717) is 40.0 Å². The first-order valence-electron chi connectivity index (χ1n) is 13.0. The minimum atomic E-state index is -0.252. The molecule has 1 fully saturated rings. The first-order valence-corrected chi connectivity index (χ1v) is 13.8. The molecule has 0 amide bonds. The van der Waals surface area contributed by atoms with E-state index in [1.54, 1.807) is 0 Å². The average molecular weight is 505 g/mol. The van der Waals surface area contributed by atoms with Gasteiger partial charge in [0.2, 0.25) is 0 Å². The molecule has 0 saturated carbocycles. The van der Waals surface area contributed by atoms with Crippen LogP contribution in [-0.2, 0) is 6.54 Å². The molecule has 0 spiro atoms. The second-order valence-corrected chi connectivity index (χ2v) is 11.4. The van der Waals surface area contributed by atoms with Crippen LogP contribution in [0.4, 0.5) is 0 Å². The molecule has 1 N–H and O–H groups in total. The summed E-state index contributed by atoms with van der Waals surface area (Å²) in [5, 5.41) is 0.642. The van der Waals surface area contributed by atoms with Crippen LogP contribution in [0.2, 0.25) is 0 Å². The molecule has 7 nitrogen and oxygen atoms in total. The molecule has 1 saturated heterocycles. The van der Waals surface area contributed by atoms with Crippen molar-refractivity contribution in [1.29, 1.82) is 0 Å². The van der Waals surface area contributed by atoms with E-state index in [2.05, 4.69) is 29.8 Å². The summed E-state index contributed by atoms with van der Waals surface area (Å²) in [6.07, 6.45) is 5.19. The number of nitrogens with one attached hydrogen (secondary N) is 1. The van der Waals surface area contributed by atoms with Gasteiger partial charge < -0.3 is 9.72 Å². The molecule has 0 radical (unpaired) electrons. The van der Waals surface area contributed by atoms with Gasteiger partial charge in [-0.2, -0.15) is 0 Å². The van der Waals surface area contributed by atoms with E-state index in [0.717, 1.165) is 55.1 Å². The SMILES string of the molecule is CC1CCN(Cc2cc3c4nc(c(=O)[nH]c4c2)-c2cccc4c(=O)n(sc24)C(C)CCCCO3)CC1. The molecular formula is C28H32N4O3S. The highest BCUT2D eigenvalue weighted by Gasteiger charge is 2.21. The second-order valence-electron chi connectivity index (χ2n) is 10.5. The Balaban J connectivity index is 1.50. The number of hydrogen-bond acceptors (Lipinski definition) is 6. The maximum atomic E-state index is 13.3. The monoisotopic (exact) mass is 504 g/mol. The summed E-state index contributed by atoms with van der Waals surface area (Å²) >= 11 is 1.44. The van der Waals surface area contributed by atoms with Crippen molar-refractivity contribution in [1.82, 2.24) is 18.8 Å². The molecule has 36 heavy (non-hydrogen) atoms. The zero-order valence-corrected chi connectivity index (χ0v) is 21.7. The number of nitrogens with zero attached hydrogens (tertiary/aromatic N) is 3. The minimum absolute atomic E-state index is 0.00475. The van der Waals surface area contributed by atoms with Crippen molar-refractivity contribution < 1.29 is 4.74 Å². The number of hydrogen-bond donors (Lipinski definition) is 1. The quantitative estimate of drug-likeness (QED) is 0.400. The number of piperidine rings is 1. The molecular weight excluding hydrogens is 472 g/mol. The standard InChI is InChI=1S/C28H32N4O3S/c1-17-9-11-31(12-10-17)16-19-14-22-25-23(15-19)35-13-4-3-6-18(2)32-28(34)21-8-5-7-20(26(21)36-32)24(30-25)27(33)29-22/h5,7-8,14-15,17-18H,3-4,6,9-13,16H2,1-2H3,(H,29,33). The van der Waals surface area contributed by atoms with Crippen LogP contribution in [0.1, 0.15) is 57.6 Å². The number of benzene rings is 2. The predicted molar refractivity (Wildman–Crippen MR) is 145 cm³/mol. The van der Waals surface area contributed by atoms with Crippen molar-refractivity contribution in [3.63, 3.8) is 0 Å². The van der Waals surface area contributed by atoms with Gasteiger partial charge in [0.05, 0.1) is 22.2 Å². The van der Waals surface area contributed by atoms with Crippen molar-refractivity contribution in [2.24, 2.45) is 5.92 Å². The van der Waals surface area contributed by atoms with E-state index in [1.807, 2.05) is 28.2 Å². The number of aromatic nitrogens is 3. The van der Waals surface area contributed by atoms with Gasteiger partial charge in [-0.15, -0.1) is 0 Å². The number of fused-ring (bicyclic) bond motifs is 3. The van der Waals surface area contributed by atoms with Crippen LogP contribution in [0.25, 0.3) is 32.4 Å². The van der Waals surface area contributed by atoms with E-state index in [-0.39, 0.29) is 17.2 Å². The molecule has 1 unspecified atom stereocenters. The number of aromatic amines is 1. The van der Waals surface area contributed by atoms with Crippen LogP contribution in [0, 0.1) is 5.92 Å². The Morgan fingerprint density at radius 2 is 1.94 bits per heavy atom. The largest absolute Gasteiger partial charge is 0.491 e. The van der Waals surface area contributed by atoms with Crippen LogP contribution in [0.5, 0.6) is 5.75 Å². The highest BCUT2D eigenvalue weighted by Crippen LogP contribution is 2.33. The molecule has 0 aliphatic carbocycles. The van der Waals surface area contributed by atoms with Crippen LogP contribution < -0.4 is 15.9 Å². The molecule has 2 aromatic carbocycles. The molecule has 4 aromatic rings. The minimum Gasteiger partial charge on any atom is -0.491 e. The predicted octanol–water partition coefficient (Wildman–Crippen LogP) is 5.32. The summed E-state index contributed by atoms with van der Waals surface area (Å²) in [6, 6.07) is 9.79. The van der Waals surface area contributed by atoms with Crippen LogP contribution in [-0.4, -0.2) is 38.5 Å². The summed E-state index contributed by atoms with van der Waals surface area (Å²) in [6.45, 7) is 8.00. The Kier molecular flexibility index (Phi) is 6.17. The highest BCUT2D eigenvalue weighted by molar-refractivity contribution is 7.14. The summed E-state index contributed by atoms with van der Waals surface area (Å²) < 4.78 is 8.95. The molecule has 4 bridgehead atoms. The Bertz CT molecular complexity index is 1540. The molecule has 6 rings (SSSR count). The molecule has 2 aliphatic rings. The first-order chi connectivity index (χ1) is 17.5. The van der Waals surface area contributed by atoms with Crippen molar-refractivity contribution in [2.45, 2.75) is 58.5 Å². The maximum Gasteiger partial charge on any atom is 0.275 e. The second kappa shape index (κ2) is 9.48. The van der Waals surface area contributed by atoms with Gasteiger partial charge in [0.25, 0.3) is 11.1 Å². The third-order valence-corrected chi connectivity index (χ3v) is 9.01. The fourth-order valence-electron chi connectivity index (χ4n) is 5.46. The molecule has 8 heteroatoms.